The van der Waals surface area contributed by atoms with Crippen molar-refractivity contribution in [1.82, 2.24) is 16.0 Å². The molecule has 0 aromatic heterocycles. The molecule has 27 heavy (non-hydrogen) atoms. The molecule has 4 N–H and O–H groups in total. The van der Waals surface area contributed by atoms with Crippen molar-refractivity contribution < 1.29 is 14.6 Å². The Bertz CT molecular complexity index is 582. The van der Waals surface area contributed by atoms with Crippen LogP contribution in [0.15, 0.2) is 35.3 Å². The van der Waals surface area contributed by atoms with Crippen molar-refractivity contribution >= 4 is 36.0 Å². The maximum absolute atomic E-state index is 11.7. The number of ether oxygens (including phenoxy) is 1. The summed E-state index contributed by atoms with van der Waals surface area (Å²) in [6.07, 6.45) is 1.86. The maximum Gasteiger partial charge on any atom is 0.407 e. The van der Waals surface area contributed by atoms with Crippen LogP contribution in [0.5, 0.6) is 0 Å². The van der Waals surface area contributed by atoms with Gasteiger partial charge in [-0.1, -0.05) is 30.3 Å². The van der Waals surface area contributed by atoms with E-state index in [-0.39, 0.29) is 48.6 Å². The van der Waals surface area contributed by atoms with E-state index in [9.17, 15) is 9.90 Å². The van der Waals surface area contributed by atoms with Crippen molar-refractivity contribution in [2.24, 2.45) is 10.9 Å². The van der Waals surface area contributed by atoms with Crippen LogP contribution in [0.1, 0.15) is 31.2 Å². The molecule has 0 radical (unpaired) electrons. The third kappa shape index (κ3) is 8.34. The highest BCUT2D eigenvalue weighted by molar-refractivity contribution is 14.0. The van der Waals surface area contributed by atoms with Crippen LogP contribution in [0, 0.1) is 5.92 Å². The molecule has 0 saturated heterocycles. The highest BCUT2D eigenvalue weighted by atomic mass is 127. The second kappa shape index (κ2) is 12.8. The molecular formula is C19H31IN4O3. The van der Waals surface area contributed by atoms with E-state index in [0.29, 0.717) is 31.6 Å². The van der Waals surface area contributed by atoms with Crippen LogP contribution in [0.2, 0.25) is 0 Å². The molecule has 1 amide bonds. The molecule has 1 saturated carbocycles. The van der Waals surface area contributed by atoms with Crippen molar-refractivity contribution in [3.63, 3.8) is 0 Å². The summed E-state index contributed by atoms with van der Waals surface area (Å²) < 4.78 is 4.97. The Hall–Kier alpha value is -1.55. The lowest BCUT2D eigenvalue weighted by molar-refractivity contribution is 0.146. The van der Waals surface area contributed by atoms with Crippen LogP contribution in [-0.4, -0.2) is 56.6 Å². The van der Waals surface area contributed by atoms with Gasteiger partial charge in [0.05, 0.1) is 19.3 Å². The number of alkyl carbamates (subject to hydrolysis) is 1. The monoisotopic (exact) mass is 490 g/mol. The Morgan fingerprint density at radius 3 is 2.48 bits per heavy atom. The van der Waals surface area contributed by atoms with Crippen LogP contribution < -0.4 is 16.0 Å². The Labute approximate surface area is 178 Å². The number of amides is 1. The van der Waals surface area contributed by atoms with Crippen LogP contribution >= 0.6 is 24.0 Å². The number of carbonyl (C=O) groups excluding carboxylic acids is 1. The maximum atomic E-state index is 11.7. The van der Waals surface area contributed by atoms with Gasteiger partial charge in [-0.15, -0.1) is 24.0 Å². The molecule has 0 heterocycles. The predicted octanol–water partition coefficient (Wildman–Crippen LogP) is 2.07. The Kier molecular flexibility index (Phi) is 11.1. The zero-order valence-corrected chi connectivity index (χ0v) is 18.3. The van der Waals surface area contributed by atoms with Gasteiger partial charge in [0, 0.05) is 26.1 Å². The molecule has 1 aliphatic rings. The molecule has 2 rings (SSSR count). The van der Waals surface area contributed by atoms with E-state index in [1.165, 1.54) is 0 Å². The Balaban J connectivity index is 0.00000364. The fourth-order valence-corrected chi connectivity index (χ4v) is 2.82. The van der Waals surface area contributed by atoms with Crippen molar-refractivity contribution in [1.29, 1.82) is 0 Å². The number of rotatable bonds is 9. The van der Waals surface area contributed by atoms with Gasteiger partial charge in [0.2, 0.25) is 0 Å². The minimum atomic E-state index is -0.376. The molecule has 152 valence electrons. The lowest BCUT2D eigenvalue weighted by Crippen LogP contribution is -2.48. The number of carbonyl (C=O) groups is 1. The van der Waals surface area contributed by atoms with E-state index in [4.69, 9.17) is 4.74 Å². The van der Waals surface area contributed by atoms with Crippen molar-refractivity contribution in [3.05, 3.63) is 35.9 Å². The van der Waals surface area contributed by atoms with Gasteiger partial charge >= 0.3 is 6.09 Å². The molecule has 1 aliphatic carbocycles. The first-order chi connectivity index (χ1) is 12.7. The normalized spacial score (nSPS) is 15.9. The van der Waals surface area contributed by atoms with Crippen molar-refractivity contribution in [3.8, 4) is 0 Å². The molecule has 2 unspecified atom stereocenters. The first-order valence-corrected chi connectivity index (χ1v) is 9.21. The largest absolute Gasteiger partial charge is 0.450 e. The third-order valence-corrected chi connectivity index (χ3v) is 4.49. The number of aliphatic hydroxyl groups is 1. The highest BCUT2D eigenvalue weighted by Crippen LogP contribution is 2.32. The van der Waals surface area contributed by atoms with Gasteiger partial charge < -0.3 is 25.8 Å². The molecule has 0 bridgehead atoms. The third-order valence-electron chi connectivity index (χ3n) is 4.49. The van der Waals surface area contributed by atoms with Crippen molar-refractivity contribution in [2.45, 2.75) is 31.7 Å². The van der Waals surface area contributed by atoms with Gasteiger partial charge in [0.1, 0.15) is 0 Å². The zero-order chi connectivity index (χ0) is 18.8. The zero-order valence-electron chi connectivity index (χ0n) is 16.0. The van der Waals surface area contributed by atoms with E-state index in [1.54, 1.807) is 14.0 Å². The van der Waals surface area contributed by atoms with Crippen LogP contribution in [-0.2, 0) is 4.74 Å². The fraction of sp³-hybridized carbons (Fsp3) is 0.579. The van der Waals surface area contributed by atoms with Gasteiger partial charge in [-0.2, -0.15) is 0 Å². The van der Waals surface area contributed by atoms with Crippen LogP contribution in [0.4, 0.5) is 4.79 Å². The predicted molar refractivity (Wildman–Crippen MR) is 118 cm³/mol. The van der Waals surface area contributed by atoms with Crippen LogP contribution in [0.25, 0.3) is 0 Å². The van der Waals surface area contributed by atoms with Crippen LogP contribution in [0.3, 0.4) is 0 Å². The number of guanidine groups is 1. The highest BCUT2D eigenvalue weighted by Gasteiger charge is 2.32. The molecule has 0 aliphatic heterocycles. The lowest BCUT2D eigenvalue weighted by Gasteiger charge is -2.22. The van der Waals surface area contributed by atoms with Gasteiger partial charge in [-0.25, -0.2) is 4.79 Å². The summed E-state index contributed by atoms with van der Waals surface area (Å²) in [6.45, 7) is 3.36. The Morgan fingerprint density at radius 1 is 1.26 bits per heavy atom. The first kappa shape index (κ1) is 23.5. The summed E-state index contributed by atoms with van der Waals surface area (Å²) in [5.74, 6) is 1.13. The number of aliphatic imine (C=N–C) groups is 1. The summed E-state index contributed by atoms with van der Waals surface area (Å²) in [7, 11) is 1.71. The summed E-state index contributed by atoms with van der Waals surface area (Å²) in [5, 5.41) is 19.1. The average molecular weight is 490 g/mol. The average Bonchev–Trinajstić information content (AvgIpc) is 3.49. The quantitative estimate of drug-likeness (QED) is 0.242. The summed E-state index contributed by atoms with van der Waals surface area (Å²) >= 11 is 0. The standard InChI is InChI=1S/C19H30N4O3.HI/c1-3-26-19(25)23-17(15-9-10-15)12-22-18(20-2)21-11-16(13-24)14-7-5-4-6-8-14;/h4-8,15-17,24H,3,9-13H2,1-2H3,(H,23,25)(H2,20,21,22);1H. The second-order valence-corrected chi connectivity index (χ2v) is 6.43. The molecule has 1 fully saturated rings. The van der Waals surface area contributed by atoms with Gasteiger partial charge in [0.25, 0.3) is 0 Å². The molecule has 1 aromatic carbocycles. The SMILES string of the molecule is CCOC(=O)NC(CNC(=NC)NCC(CO)c1ccccc1)C1CC1.I. The molecular weight excluding hydrogens is 459 g/mol. The Morgan fingerprint density at radius 2 is 1.93 bits per heavy atom. The number of nitrogens with one attached hydrogen (secondary N) is 3. The van der Waals surface area contributed by atoms with E-state index in [1.807, 2.05) is 30.3 Å². The van der Waals surface area contributed by atoms with E-state index in [2.05, 4.69) is 20.9 Å². The number of benzene rings is 1. The first-order valence-electron chi connectivity index (χ1n) is 9.21. The number of hydrogen-bond donors (Lipinski definition) is 4. The van der Waals surface area contributed by atoms with Gasteiger partial charge in [-0.3, -0.25) is 4.99 Å². The van der Waals surface area contributed by atoms with E-state index >= 15 is 0 Å². The summed E-state index contributed by atoms with van der Waals surface area (Å²) in [6, 6.07) is 9.92. The van der Waals surface area contributed by atoms with E-state index in [0.717, 1.165) is 18.4 Å². The summed E-state index contributed by atoms with van der Waals surface area (Å²) in [4.78, 5) is 15.9. The second-order valence-electron chi connectivity index (χ2n) is 6.43. The number of halogens is 1. The molecule has 2 atom stereocenters. The smallest absolute Gasteiger partial charge is 0.407 e. The molecule has 0 spiro atoms. The number of aliphatic hydroxyl groups excluding tert-OH is 1. The molecule has 7 nitrogen and oxygen atoms in total. The van der Waals surface area contributed by atoms with Crippen molar-refractivity contribution in [2.75, 3.05) is 33.4 Å². The molecule has 8 heteroatoms. The van der Waals surface area contributed by atoms with Gasteiger partial charge in [-0.05, 0) is 31.2 Å². The topological polar surface area (TPSA) is 95.0 Å². The van der Waals surface area contributed by atoms with Gasteiger partial charge in [0.15, 0.2) is 5.96 Å². The number of hydrogen-bond acceptors (Lipinski definition) is 4. The lowest BCUT2D eigenvalue weighted by atomic mass is 10.0. The van der Waals surface area contributed by atoms with E-state index < -0.39 is 0 Å². The fourth-order valence-electron chi connectivity index (χ4n) is 2.82. The minimum absolute atomic E-state index is 0. The molecule has 1 aromatic rings. The summed E-state index contributed by atoms with van der Waals surface area (Å²) in [5.41, 5.74) is 1.08. The minimum Gasteiger partial charge on any atom is -0.450 e. The number of nitrogens with zero attached hydrogens (tertiary/aromatic N) is 1.